The number of rotatable bonds is 2. The summed E-state index contributed by atoms with van der Waals surface area (Å²) in [5.41, 5.74) is 0.924. The van der Waals surface area contributed by atoms with Crippen LogP contribution in [-0.4, -0.2) is 61.0 Å². The van der Waals surface area contributed by atoms with Crippen LogP contribution in [0.5, 0.6) is 0 Å². The first kappa shape index (κ1) is 15.4. The third kappa shape index (κ3) is 3.00. The first-order valence-electron chi connectivity index (χ1n) is 7.04. The van der Waals surface area contributed by atoms with Crippen LogP contribution < -0.4 is 5.32 Å². The van der Waals surface area contributed by atoms with Gasteiger partial charge in [0.05, 0.1) is 6.26 Å². The Morgan fingerprint density at radius 3 is 2.65 bits per heavy atom. The lowest BCUT2D eigenvalue weighted by atomic mass is 10.1. The number of carbonyl (C=O) groups excluding carboxylic acids is 1. The smallest absolute Gasteiger partial charge is 0.289 e. The van der Waals surface area contributed by atoms with Gasteiger partial charge in [0, 0.05) is 44.3 Å². The molecule has 0 aliphatic carbocycles. The van der Waals surface area contributed by atoms with Gasteiger partial charge in [0.25, 0.3) is 5.91 Å². The molecule has 0 aromatic carbocycles. The zero-order valence-electron chi connectivity index (χ0n) is 11.8. The van der Waals surface area contributed by atoms with Crippen molar-refractivity contribution in [3.63, 3.8) is 0 Å². The van der Waals surface area contributed by atoms with Gasteiger partial charge >= 0.3 is 0 Å². The SMILES string of the molecule is Cc1ccoc1C(=O)N1CCN(C2CCNC2)CC1.Cl. The molecule has 1 amide bonds. The van der Waals surface area contributed by atoms with Crippen molar-refractivity contribution in [3.8, 4) is 0 Å². The predicted molar refractivity (Wildman–Crippen MR) is 79.4 cm³/mol. The molecule has 0 saturated carbocycles. The third-order valence-corrected chi connectivity index (χ3v) is 4.21. The summed E-state index contributed by atoms with van der Waals surface area (Å²) in [7, 11) is 0. The highest BCUT2D eigenvalue weighted by Crippen LogP contribution is 2.16. The number of amides is 1. The van der Waals surface area contributed by atoms with Crippen molar-refractivity contribution in [2.75, 3.05) is 39.3 Å². The van der Waals surface area contributed by atoms with Gasteiger partial charge in [0.15, 0.2) is 5.76 Å². The van der Waals surface area contributed by atoms with Crippen LogP contribution in [-0.2, 0) is 0 Å². The molecule has 2 aliphatic rings. The van der Waals surface area contributed by atoms with Gasteiger partial charge in [-0.2, -0.15) is 0 Å². The van der Waals surface area contributed by atoms with Crippen LogP contribution in [0.4, 0.5) is 0 Å². The number of nitrogens with zero attached hydrogens (tertiary/aromatic N) is 2. The normalized spacial score (nSPS) is 23.6. The zero-order chi connectivity index (χ0) is 13.2. The molecule has 2 aliphatic heterocycles. The summed E-state index contributed by atoms with van der Waals surface area (Å²) in [6, 6.07) is 2.50. The molecule has 6 heteroatoms. The van der Waals surface area contributed by atoms with Crippen LogP contribution in [0.3, 0.4) is 0 Å². The summed E-state index contributed by atoms with van der Waals surface area (Å²) in [5, 5.41) is 3.40. The Labute approximate surface area is 125 Å². The predicted octanol–water partition coefficient (Wildman–Crippen LogP) is 1.13. The van der Waals surface area contributed by atoms with Crippen molar-refractivity contribution < 1.29 is 9.21 Å². The Morgan fingerprint density at radius 2 is 2.10 bits per heavy atom. The quantitative estimate of drug-likeness (QED) is 0.889. The van der Waals surface area contributed by atoms with Gasteiger partial charge in [-0.05, 0) is 26.0 Å². The van der Waals surface area contributed by atoms with E-state index < -0.39 is 0 Å². The maximum Gasteiger partial charge on any atom is 0.289 e. The fourth-order valence-electron chi connectivity index (χ4n) is 2.98. The number of furan rings is 1. The van der Waals surface area contributed by atoms with Crippen LogP contribution in [0.15, 0.2) is 16.7 Å². The number of piperazine rings is 1. The lowest BCUT2D eigenvalue weighted by Gasteiger charge is -2.37. The summed E-state index contributed by atoms with van der Waals surface area (Å²) >= 11 is 0. The molecule has 0 radical (unpaired) electrons. The largest absolute Gasteiger partial charge is 0.459 e. The molecular weight excluding hydrogens is 278 g/mol. The fourth-order valence-corrected chi connectivity index (χ4v) is 2.98. The highest BCUT2D eigenvalue weighted by molar-refractivity contribution is 5.92. The van der Waals surface area contributed by atoms with E-state index in [1.165, 1.54) is 6.42 Å². The van der Waals surface area contributed by atoms with Crippen LogP contribution in [0.2, 0.25) is 0 Å². The van der Waals surface area contributed by atoms with Crippen LogP contribution in [0.1, 0.15) is 22.5 Å². The second kappa shape index (κ2) is 6.61. The number of hydrogen-bond acceptors (Lipinski definition) is 4. The monoisotopic (exact) mass is 299 g/mol. The van der Waals surface area contributed by atoms with Crippen molar-refractivity contribution in [2.45, 2.75) is 19.4 Å². The highest BCUT2D eigenvalue weighted by Gasteiger charge is 2.29. The topological polar surface area (TPSA) is 48.7 Å². The lowest BCUT2D eigenvalue weighted by Crippen LogP contribution is -2.52. The third-order valence-electron chi connectivity index (χ3n) is 4.21. The molecule has 20 heavy (non-hydrogen) atoms. The summed E-state index contributed by atoms with van der Waals surface area (Å²) in [6.45, 7) is 7.67. The molecule has 1 unspecified atom stereocenters. The molecule has 3 heterocycles. The van der Waals surface area contributed by atoms with E-state index in [1.807, 2.05) is 17.9 Å². The Bertz CT molecular complexity index is 449. The lowest BCUT2D eigenvalue weighted by molar-refractivity contribution is 0.0554. The van der Waals surface area contributed by atoms with E-state index >= 15 is 0 Å². The first-order valence-corrected chi connectivity index (χ1v) is 7.04. The molecule has 2 saturated heterocycles. The van der Waals surface area contributed by atoms with Gasteiger partial charge in [0.1, 0.15) is 0 Å². The van der Waals surface area contributed by atoms with Gasteiger partial charge in [-0.25, -0.2) is 0 Å². The maximum atomic E-state index is 12.3. The molecule has 2 fully saturated rings. The first-order chi connectivity index (χ1) is 9.25. The van der Waals surface area contributed by atoms with Crippen molar-refractivity contribution in [1.82, 2.24) is 15.1 Å². The summed E-state index contributed by atoms with van der Waals surface area (Å²) < 4.78 is 5.29. The standard InChI is InChI=1S/C14H21N3O2.ClH/c1-11-3-9-19-13(11)14(18)17-7-5-16(6-8-17)12-2-4-15-10-12;/h3,9,12,15H,2,4-8,10H2,1H3;1H. The molecule has 3 rings (SSSR count). The number of hydrogen-bond donors (Lipinski definition) is 1. The molecule has 1 atom stereocenters. The van der Waals surface area contributed by atoms with Gasteiger partial charge < -0.3 is 14.6 Å². The van der Waals surface area contributed by atoms with Crippen LogP contribution in [0, 0.1) is 6.92 Å². The molecule has 1 aromatic heterocycles. The molecule has 5 nitrogen and oxygen atoms in total. The van der Waals surface area contributed by atoms with Gasteiger partial charge in [-0.3, -0.25) is 9.69 Å². The van der Waals surface area contributed by atoms with Crippen molar-refractivity contribution in [2.24, 2.45) is 0 Å². The van der Waals surface area contributed by atoms with Gasteiger partial charge in [-0.1, -0.05) is 0 Å². The minimum Gasteiger partial charge on any atom is -0.459 e. The Morgan fingerprint density at radius 1 is 1.35 bits per heavy atom. The molecule has 1 N–H and O–H groups in total. The summed E-state index contributed by atoms with van der Waals surface area (Å²) in [6.07, 6.45) is 2.81. The number of nitrogens with one attached hydrogen (secondary N) is 1. The van der Waals surface area contributed by atoms with E-state index in [4.69, 9.17) is 4.42 Å². The Balaban J connectivity index is 0.00000147. The number of halogens is 1. The molecule has 1 aromatic rings. The maximum absolute atomic E-state index is 12.3. The number of carbonyl (C=O) groups is 1. The second-order valence-corrected chi connectivity index (χ2v) is 5.41. The van der Waals surface area contributed by atoms with Crippen LogP contribution in [0.25, 0.3) is 0 Å². The van der Waals surface area contributed by atoms with Crippen molar-refractivity contribution >= 4 is 18.3 Å². The van der Waals surface area contributed by atoms with Crippen molar-refractivity contribution in [3.05, 3.63) is 23.7 Å². The van der Waals surface area contributed by atoms with Crippen molar-refractivity contribution in [1.29, 1.82) is 0 Å². The minimum atomic E-state index is 0. The zero-order valence-corrected chi connectivity index (χ0v) is 12.6. The second-order valence-electron chi connectivity index (χ2n) is 5.41. The summed E-state index contributed by atoms with van der Waals surface area (Å²) in [5.74, 6) is 0.530. The number of aryl methyl sites for hydroxylation is 1. The fraction of sp³-hybridized carbons (Fsp3) is 0.643. The Hall–Kier alpha value is -1.04. The molecular formula is C14H22ClN3O2. The van der Waals surface area contributed by atoms with E-state index in [0.29, 0.717) is 11.8 Å². The van der Waals surface area contributed by atoms with Gasteiger partial charge in [-0.15, -0.1) is 12.4 Å². The highest BCUT2D eigenvalue weighted by atomic mass is 35.5. The average Bonchev–Trinajstić information content (AvgIpc) is 3.09. The molecule has 0 spiro atoms. The van der Waals surface area contributed by atoms with Crippen LogP contribution >= 0.6 is 12.4 Å². The van der Waals surface area contributed by atoms with E-state index in [0.717, 1.165) is 44.8 Å². The summed E-state index contributed by atoms with van der Waals surface area (Å²) in [4.78, 5) is 16.7. The van der Waals surface area contributed by atoms with E-state index in [2.05, 4.69) is 10.2 Å². The Kier molecular flexibility index (Phi) is 5.07. The van der Waals surface area contributed by atoms with E-state index in [-0.39, 0.29) is 18.3 Å². The molecule has 0 bridgehead atoms. The molecule has 112 valence electrons. The van der Waals surface area contributed by atoms with E-state index in [1.54, 1.807) is 6.26 Å². The van der Waals surface area contributed by atoms with Gasteiger partial charge in [0.2, 0.25) is 0 Å². The van der Waals surface area contributed by atoms with E-state index in [9.17, 15) is 4.79 Å². The average molecular weight is 300 g/mol. The minimum absolute atomic E-state index is 0.